The van der Waals surface area contributed by atoms with Crippen LogP contribution in [0.25, 0.3) is 0 Å². The first-order valence-electron chi connectivity index (χ1n) is 12.7. The van der Waals surface area contributed by atoms with Gasteiger partial charge in [0.15, 0.2) is 0 Å². The second-order valence-electron chi connectivity index (χ2n) is 10.8. The first-order valence-corrected chi connectivity index (χ1v) is 12.7. The van der Waals surface area contributed by atoms with Crippen molar-refractivity contribution in [1.82, 2.24) is 15.2 Å². The van der Waals surface area contributed by atoms with E-state index in [-0.39, 0.29) is 42.9 Å². The number of nitrogens with one attached hydrogen (secondary N) is 1. The molecule has 4 rings (SSSR count). The molecular formula is C25H33F6N3O3. The van der Waals surface area contributed by atoms with Gasteiger partial charge < -0.3 is 20.1 Å². The van der Waals surface area contributed by atoms with Crippen molar-refractivity contribution in [3.63, 3.8) is 0 Å². The maximum atomic E-state index is 13.9. The highest BCUT2D eigenvalue weighted by molar-refractivity contribution is 5.83. The van der Waals surface area contributed by atoms with E-state index in [2.05, 4.69) is 10.3 Å². The van der Waals surface area contributed by atoms with Gasteiger partial charge in [0.05, 0.1) is 5.41 Å². The van der Waals surface area contributed by atoms with Crippen LogP contribution in [0.15, 0.2) is 12.3 Å². The number of carbonyl (C=O) groups excluding carboxylic acids is 1. The first kappa shape index (κ1) is 28.1. The molecule has 1 aliphatic carbocycles. The number of amides is 1. The molecule has 1 aromatic rings. The standard InChI is InChI=1S/C25H33F6N3O3/c1-15(2)22(7-3-19(12-22)33-18-5-9-37-10-6-18)21(35)34-8-4-20-16(14-34)11-17(13-32-20)23(36,24(26,27)28)25(29,30)31/h11,13,15,18-19,33,36H,3-10,12,14H2,1-2H3/t19-,22+/m1/s1. The molecule has 2 aliphatic heterocycles. The predicted octanol–water partition coefficient (Wildman–Crippen LogP) is 4.24. The van der Waals surface area contributed by atoms with Crippen molar-refractivity contribution >= 4 is 5.91 Å². The van der Waals surface area contributed by atoms with Crippen molar-refractivity contribution in [1.29, 1.82) is 0 Å². The Kier molecular flexibility index (Phi) is 7.59. The topological polar surface area (TPSA) is 74.7 Å². The Balaban J connectivity index is 1.55. The maximum Gasteiger partial charge on any atom is 0.430 e. The van der Waals surface area contributed by atoms with Crippen LogP contribution in [0, 0.1) is 11.3 Å². The molecular weight excluding hydrogens is 504 g/mol. The van der Waals surface area contributed by atoms with Crippen LogP contribution in [0.5, 0.6) is 0 Å². The number of ether oxygens (including phenoxy) is 1. The Morgan fingerprint density at radius 3 is 2.38 bits per heavy atom. The molecule has 1 amide bonds. The Morgan fingerprint density at radius 2 is 1.78 bits per heavy atom. The number of aliphatic hydroxyl groups is 1. The SMILES string of the molecule is CC(C)[C@]1(C(=O)N2CCc3ncc(C(O)(C(F)(F)F)C(F)(F)F)cc3C2)CC[C@@H](NC2CCOCC2)C1. The summed E-state index contributed by atoms with van der Waals surface area (Å²) in [6.45, 7) is 5.44. The normalized spacial score (nSPS) is 26.0. The third-order valence-electron chi connectivity index (χ3n) is 8.34. The van der Waals surface area contributed by atoms with Crippen molar-refractivity contribution in [2.45, 2.75) is 89.0 Å². The Bertz CT molecular complexity index is 979. The molecule has 2 atom stereocenters. The molecule has 6 nitrogen and oxygen atoms in total. The van der Waals surface area contributed by atoms with E-state index < -0.39 is 28.9 Å². The van der Waals surface area contributed by atoms with E-state index in [4.69, 9.17) is 4.74 Å². The zero-order valence-corrected chi connectivity index (χ0v) is 20.9. The van der Waals surface area contributed by atoms with Gasteiger partial charge in [0.1, 0.15) is 0 Å². The number of hydrogen-bond donors (Lipinski definition) is 2. The summed E-state index contributed by atoms with van der Waals surface area (Å²) in [7, 11) is 0. The molecule has 12 heteroatoms. The third kappa shape index (κ3) is 5.08. The number of nitrogens with zero attached hydrogens (tertiary/aromatic N) is 2. The summed E-state index contributed by atoms with van der Waals surface area (Å²) in [5, 5.41) is 13.4. The van der Waals surface area contributed by atoms with Crippen molar-refractivity contribution in [3.05, 3.63) is 29.1 Å². The van der Waals surface area contributed by atoms with E-state index in [0.29, 0.717) is 50.1 Å². The number of carbonyl (C=O) groups is 1. The highest BCUT2D eigenvalue weighted by Crippen LogP contribution is 2.50. The highest BCUT2D eigenvalue weighted by Gasteiger charge is 2.71. The molecule has 1 saturated carbocycles. The fourth-order valence-electron chi connectivity index (χ4n) is 5.98. The second-order valence-corrected chi connectivity index (χ2v) is 10.8. The minimum absolute atomic E-state index is 0.00658. The maximum absolute atomic E-state index is 13.9. The van der Waals surface area contributed by atoms with Crippen LogP contribution < -0.4 is 5.32 Å². The van der Waals surface area contributed by atoms with Crippen molar-refractivity contribution in [2.24, 2.45) is 11.3 Å². The number of pyridine rings is 1. The van der Waals surface area contributed by atoms with Crippen LogP contribution in [-0.2, 0) is 28.1 Å². The van der Waals surface area contributed by atoms with Gasteiger partial charge in [-0.05, 0) is 49.7 Å². The smallest absolute Gasteiger partial charge is 0.381 e. The van der Waals surface area contributed by atoms with Crippen molar-refractivity contribution in [2.75, 3.05) is 19.8 Å². The van der Waals surface area contributed by atoms with Crippen molar-refractivity contribution in [3.8, 4) is 0 Å². The number of rotatable bonds is 5. The molecule has 0 radical (unpaired) electrons. The quantitative estimate of drug-likeness (QED) is 0.550. The zero-order chi connectivity index (χ0) is 27.2. The molecule has 0 unspecified atom stereocenters. The lowest BCUT2D eigenvalue weighted by Crippen LogP contribution is -2.54. The number of fused-ring (bicyclic) bond motifs is 1. The predicted molar refractivity (Wildman–Crippen MR) is 121 cm³/mol. The minimum atomic E-state index is -6.00. The summed E-state index contributed by atoms with van der Waals surface area (Å²) in [6.07, 6.45) is -7.49. The fraction of sp³-hybridized carbons (Fsp3) is 0.760. The summed E-state index contributed by atoms with van der Waals surface area (Å²) in [4.78, 5) is 19.2. The zero-order valence-electron chi connectivity index (χ0n) is 20.9. The third-order valence-corrected chi connectivity index (χ3v) is 8.34. The molecule has 0 spiro atoms. The lowest BCUT2D eigenvalue weighted by Gasteiger charge is -2.40. The van der Waals surface area contributed by atoms with Crippen LogP contribution >= 0.6 is 0 Å². The summed E-state index contributed by atoms with van der Waals surface area (Å²) in [5.74, 6) is -0.148. The minimum Gasteiger partial charge on any atom is -0.381 e. The molecule has 3 aliphatic rings. The Morgan fingerprint density at radius 1 is 1.14 bits per heavy atom. The van der Waals surface area contributed by atoms with E-state index in [1.807, 2.05) is 13.8 Å². The number of halogens is 6. The van der Waals surface area contributed by atoms with Gasteiger partial charge in [-0.1, -0.05) is 13.8 Å². The number of alkyl halides is 6. The number of hydrogen-bond acceptors (Lipinski definition) is 5. The first-order chi connectivity index (χ1) is 17.2. The lowest BCUT2D eigenvalue weighted by atomic mass is 9.74. The Hall–Kier alpha value is -1.92. The van der Waals surface area contributed by atoms with E-state index in [0.717, 1.165) is 19.3 Å². The molecule has 2 fully saturated rings. The van der Waals surface area contributed by atoms with Gasteiger partial charge in [-0.3, -0.25) is 9.78 Å². The van der Waals surface area contributed by atoms with E-state index >= 15 is 0 Å². The average molecular weight is 538 g/mol. The molecule has 3 heterocycles. The molecule has 0 aromatic carbocycles. The largest absolute Gasteiger partial charge is 0.430 e. The van der Waals surface area contributed by atoms with Gasteiger partial charge in [-0.2, -0.15) is 26.3 Å². The van der Waals surface area contributed by atoms with Crippen LogP contribution in [0.2, 0.25) is 0 Å². The molecule has 0 bridgehead atoms. The summed E-state index contributed by atoms with van der Waals surface area (Å²) < 4.78 is 85.8. The second kappa shape index (κ2) is 10.00. The summed E-state index contributed by atoms with van der Waals surface area (Å²) >= 11 is 0. The van der Waals surface area contributed by atoms with Gasteiger partial charge in [-0.15, -0.1) is 0 Å². The van der Waals surface area contributed by atoms with Crippen LogP contribution in [0.1, 0.15) is 62.8 Å². The fourth-order valence-corrected chi connectivity index (χ4v) is 5.98. The van der Waals surface area contributed by atoms with E-state index in [9.17, 15) is 36.2 Å². The van der Waals surface area contributed by atoms with Crippen molar-refractivity contribution < 1.29 is 41.0 Å². The lowest BCUT2D eigenvalue weighted by molar-refractivity contribution is -0.376. The van der Waals surface area contributed by atoms with Crippen LogP contribution in [-0.4, -0.2) is 65.1 Å². The van der Waals surface area contributed by atoms with Gasteiger partial charge in [-0.25, -0.2) is 0 Å². The highest BCUT2D eigenvalue weighted by atomic mass is 19.4. The van der Waals surface area contributed by atoms with Crippen LogP contribution in [0.4, 0.5) is 26.3 Å². The van der Waals surface area contributed by atoms with Crippen LogP contribution in [0.3, 0.4) is 0 Å². The molecule has 37 heavy (non-hydrogen) atoms. The van der Waals surface area contributed by atoms with Gasteiger partial charge in [0.2, 0.25) is 5.91 Å². The molecule has 1 aromatic heterocycles. The van der Waals surface area contributed by atoms with E-state index in [1.54, 1.807) is 0 Å². The van der Waals surface area contributed by atoms with Gasteiger partial charge >= 0.3 is 12.4 Å². The van der Waals surface area contributed by atoms with E-state index in [1.165, 1.54) is 4.90 Å². The average Bonchev–Trinajstić information content (AvgIpc) is 3.26. The molecule has 1 saturated heterocycles. The Labute approximate surface area is 211 Å². The summed E-state index contributed by atoms with van der Waals surface area (Å²) in [6, 6.07) is 1.16. The van der Waals surface area contributed by atoms with Gasteiger partial charge in [0.25, 0.3) is 5.60 Å². The van der Waals surface area contributed by atoms with Gasteiger partial charge in [0, 0.05) is 62.3 Å². The molecule has 208 valence electrons. The molecule has 2 N–H and O–H groups in total. The monoisotopic (exact) mass is 537 g/mol. The summed E-state index contributed by atoms with van der Waals surface area (Å²) in [5.41, 5.74) is -6.73. The number of aromatic nitrogens is 1.